The van der Waals surface area contributed by atoms with E-state index in [4.69, 9.17) is 23.9 Å². The van der Waals surface area contributed by atoms with E-state index in [2.05, 4.69) is 139 Å². The van der Waals surface area contributed by atoms with Crippen LogP contribution >= 0.6 is 0 Å². The van der Waals surface area contributed by atoms with Crippen LogP contribution in [0.3, 0.4) is 0 Å². The minimum atomic E-state index is -0.720. The Morgan fingerprint density at radius 1 is 0.479 bits per heavy atom. The summed E-state index contributed by atoms with van der Waals surface area (Å²) >= 11 is 0. The molecule has 2 aromatic carbocycles. The van der Waals surface area contributed by atoms with E-state index >= 15 is 0 Å². The number of ether oxygens (including phenoxy) is 4. The monoisotopic (exact) mass is 1330 g/mol. The van der Waals surface area contributed by atoms with Gasteiger partial charge in [-0.05, 0) is 140 Å². The molecule has 12 rings (SSSR count). The Bertz CT molecular complexity index is 4040. The number of piperidine rings is 1. The minimum absolute atomic E-state index is 0.0280. The van der Waals surface area contributed by atoms with Crippen LogP contribution < -0.4 is 20.9 Å². The first-order valence-electron chi connectivity index (χ1n) is 32.8. The van der Waals surface area contributed by atoms with Crippen LogP contribution in [-0.4, -0.2) is 174 Å². The van der Waals surface area contributed by atoms with E-state index in [9.17, 15) is 13.2 Å². The van der Waals surface area contributed by atoms with Gasteiger partial charge in [0.1, 0.15) is 40.7 Å². The quantitative estimate of drug-likeness (QED) is 0.0506. The molecule has 9 heterocycles. The van der Waals surface area contributed by atoms with Crippen molar-refractivity contribution in [3.63, 3.8) is 0 Å². The Hall–Kier alpha value is -8.81. The number of methoxy groups -OCH3 is 4. The fourth-order valence-corrected chi connectivity index (χ4v) is 11.8. The predicted octanol–water partition coefficient (Wildman–Crippen LogP) is 11.4. The van der Waals surface area contributed by atoms with E-state index in [1.807, 2.05) is 44.0 Å². The molecule has 1 saturated carbocycles. The van der Waals surface area contributed by atoms with Crippen molar-refractivity contribution >= 4 is 79.3 Å². The van der Waals surface area contributed by atoms with Gasteiger partial charge in [0.05, 0.1) is 56.3 Å². The Morgan fingerprint density at radius 3 is 1.24 bits per heavy atom. The van der Waals surface area contributed by atoms with Crippen LogP contribution in [0.1, 0.15) is 146 Å². The van der Waals surface area contributed by atoms with Gasteiger partial charge in [-0.3, -0.25) is 0 Å². The van der Waals surface area contributed by atoms with E-state index < -0.39 is 11.6 Å². The van der Waals surface area contributed by atoms with Crippen LogP contribution in [0.4, 0.5) is 47.8 Å². The summed E-state index contributed by atoms with van der Waals surface area (Å²) in [6.45, 7) is 28.5. The van der Waals surface area contributed by atoms with Crippen LogP contribution in [0.15, 0.2) is 36.4 Å². The lowest BCUT2D eigenvalue weighted by atomic mass is 9.92. The van der Waals surface area contributed by atoms with Crippen LogP contribution in [0.25, 0.3) is 44.7 Å². The second-order valence-electron chi connectivity index (χ2n) is 24.8. The van der Waals surface area contributed by atoms with E-state index in [-0.39, 0.29) is 35.7 Å². The smallest absolute Gasteiger partial charge is 0.184 e. The van der Waals surface area contributed by atoms with Crippen LogP contribution in [-0.2, 0) is 18.9 Å². The highest BCUT2D eigenvalue weighted by molar-refractivity contribution is 5.87. The maximum Gasteiger partial charge on any atom is 0.184 e. The highest BCUT2D eigenvalue weighted by Gasteiger charge is 2.31. The van der Waals surface area contributed by atoms with Gasteiger partial charge in [-0.2, -0.15) is 0 Å². The predicted molar refractivity (Wildman–Crippen MR) is 361 cm³/mol. The van der Waals surface area contributed by atoms with Gasteiger partial charge < -0.3 is 39.8 Å². The molecule has 8 aromatic heterocycles. The molecule has 2 fully saturated rings. The molecular formula is C65H91F3N24O4. The molecule has 2 aliphatic rings. The topological polar surface area (TPSA) is 302 Å². The fourth-order valence-electron chi connectivity index (χ4n) is 11.8. The largest absolute Gasteiger partial charge is 0.382 e. The summed E-state index contributed by atoms with van der Waals surface area (Å²) < 4.78 is 68.6. The standard InChI is InChI=1S/C17H21FN6O.C17H28N6O.C16H18F2N6O.C15H24N6O/c1-5-13(9-25-4)24-17-15(22-23-24)16(19-11(3)20-17)21-14-7-6-12(18)8-10(14)2;1-6-14(10-24-5)23-17-15(20-21-23)16(18-13(4)19-17)22-8-11(2)7-12(3)9-22;1-4-11(8-25-3)24-16-14(22-23-24)15(19-9(2)20-16)21-13-6-5-10(17)7-12(13)18;1-5-12(8-22-4)21-15-13(19-20-21)14(17-10(3)18-15)16-9(2)11-6-7-11/h6-8,13H,5,9H2,1-4H3,(H,19,20,21);11-12,14H,6-10H2,1-5H3;5-7,11H,4,8H2,1-3H3,(H,19,20,21);9,11-12H,5-8H2,1-4H3,(H,16,17,18). The summed E-state index contributed by atoms with van der Waals surface area (Å²) in [5.74, 6) is 5.58. The molecule has 0 spiro atoms. The van der Waals surface area contributed by atoms with Crippen molar-refractivity contribution in [2.24, 2.45) is 17.8 Å². The van der Waals surface area contributed by atoms with E-state index in [0.717, 1.165) is 108 Å². The van der Waals surface area contributed by atoms with Crippen molar-refractivity contribution in [1.82, 2.24) is 99.8 Å². The minimum Gasteiger partial charge on any atom is -0.382 e. The van der Waals surface area contributed by atoms with Gasteiger partial charge in [0.15, 0.2) is 67.9 Å². The zero-order chi connectivity index (χ0) is 68.9. The van der Waals surface area contributed by atoms with E-state index in [1.54, 1.807) is 50.8 Å². The third-order valence-electron chi connectivity index (χ3n) is 16.9. The van der Waals surface area contributed by atoms with E-state index in [0.29, 0.717) is 89.9 Å². The molecule has 7 atom stereocenters. The number of benzene rings is 2. The van der Waals surface area contributed by atoms with Crippen LogP contribution in [0, 0.1) is 69.8 Å². The third-order valence-corrected chi connectivity index (χ3v) is 16.9. The van der Waals surface area contributed by atoms with Gasteiger partial charge in [0, 0.05) is 59.3 Å². The average molecular weight is 1330 g/mol. The van der Waals surface area contributed by atoms with Crippen molar-refractivity contribution in [3.8, 4) is 0 Å². The first-order chi connectivity index (χ1) is 46.2. The molecule has 28 nitrogen and oxygen atoms in total. The number of nitrogens with one attached hydrogen (secondary N) is 3. The van der Waals surface area contributed by atoms with Crippen molar-refractivity contribution in [3.05, 3.63) is 82.7 Å². The SMILES string of the molecule is CCC(COC)n1nnc2c(N3CC(C)CC(C)C3)nc(C)nc21.CCC(COC)n1nnc2c(NC(C)C3CC3)nc(C)nc21.CCC(COC)n1nnc2c(Nc3ccc(F)cc3C)nc(C)nc21.CCC(COC)n1nnc2c(Nc3ccc(F)cc3F)nc(C)nc21. The molecule has 3 N–H and O–H groups in total. The molecule has 1 aliphatic carbocycles. The van der Waals surface area contributed by atoms with Crippen molar-refractivity contribution in [2.45, 2.75) is 158 Å². The van der Waals surface area contributed by atoms with Gasteiger partial charge in [-0.1, -0.05) is 62.4 Å². The molecule has 1 aliphatic heterocycles. The van der Waals surface area contributed by atoms with Gasteiger partial charge in [-0.25, -0.2) is 71.8 Å². The lowest BCUT2D eigenvalue weighted by molar-refractivity contribution is 0.148. The number of hydrogen-bond donors (Lipinski definition) is 3. The van der Waals surface area contributed by atoms with Crippen molar-refractivity contribution in [1.29, 1.82) is 0 Å². The van der Waals surface area contributed by atoms with Gasteiger partial charge >= 0.3 is 0 Å². The normalized spacial score (nSPS) is 16.3. The Labute approximate surface area is 556 Å². The zero-order valence-corrected chi connectivity index (χ0v) is 57.9. The zero-order valence-electron chi connectivity index (χ0n) is 57.9. The number of rotatable bonds is 24. The highest BCUT2D eigenvalue weighted by atomic mass is 19.1. The number of hydrogen-bond acceptors (Lipinski definition) is 24. The van der Waals surface area contributed by atoms with Crippen molar-refractivity contribution in [2.75, 3.05) is 88.8 Å². The third kappa shape index (κ3) is 17.0. The van der Waals surface area contributed by atoms with Crippen molar-refractivity contribution < 1.29 is 32.1 Å². The van der Waals surface area contributed by atoms with Gasteiger partial charge in [0.2, 0.25) is 0 Å². The van der Waals surface area contributed by atoms with Gasteiger partial charge in [-0.15, -0.1) is 20.4 Å². The number of aromatic nitrogens is 20. The number of anilines is 6. The molecule has 10 aromatic rings. The molecule has 96 heavy (non-hydrogen) atoms. The molecule has 31 heteroatoms. The molecule has 0 bridgehead atoms. The molecule has 7 unspecified atom stereocenters. The fraction of sp³-hybridized carbons (Fsp3) is 0.569. The maximum atomic E-state index is 13.9. The number of nitrogens with zero attached hydrogens (tertiary/aromatic N) is 21. The van der Waals surface area contributed by atoms with Crippen LogP contribution in [0.5, 0.6) is 0 Å². The molecule has 0 radical (unpaired) electrons. The number of aryl methyl sites for hydroxylation is 5. The van der Waals surface area contributed by atoms with E-state index in [1.165, 1.54) is 43.5 Å². The average Bonchev–Trinajstić information content (AvgIpc) is 1.58. The first kappa shape index (κ1) is 71.5. The first-order valence-corrected chi connectivity index (χ1v) is 32.8. The Kier molecular flexibility index (Phi) is 24.4. The summed E-state index contributed by atoms with van der Waals surface area (Å²) in [4.78, 5) is 38.4. The summed E-state index contributed by atoms with van der Waals surface area (Å²) in [7, 11) is 6.69. The Balaban J connectivity index is 0.000000150. The summed E-state index contributed by atoms with van der Waals surface area (Å²) in [6, 6.07) is 8.53. The second kappa shape index (κ2) is 32.8. The number of halogens is 3. The highest BCUT2D eigenvalue weighted by Crippen LogP contribution is 2.36. The maximum absolute atomic E-state index is 13.9. The lowest BCUT2D eigenvalue weighted by Crippen LogP contribution is -2.39. The van der Waals surface area contributed by atoms with Crippen LogP contribution in [0.2, 0.25) is 0 Å². The summed E-state index contributed by atoms with van der Waals surface area (Å²) in [6.07, 6.45) is 7.31. The lowest BCUT2D eigenvalue weighted by Gasteiger charge is -2.35. The molecule has 1 saturated heterocycles. The summed E-state index contributed by atoms with van der Waals surface area (Å²) in [5.41, 5.74) is 6.94. The van der Waals surface area contributed by atoms with Gasteiger partial charge in [0.25, 0.3) is 0 Å². The molecule has 516 valence electrons. The molecular weight excluding hydrogens is 1240 g/mol. The summed E-state index contributed by atoms with van der Waals surface area (Å²) in [5, 5.41) is 43.8. The second-order valence-corrected chi connectivity index (χ2v) is 24.8. The number of fused-ring (bicyclic) bond motifs is 4. The Morgan fingerprint density at radius 2 is 0.844 bits per heavy atom. The molecule has 0 amide bonds.